The number of fused-ring (bicyclic) bond motifs is 2. The first-order valence-corrected chi connectivity index (χ1v) is 11.1. The van der Waals surface area contributed by atoms with E-state index in [4.69, 9.17) is 4.74 Å². The molecule has 2 unspecified atom stereocenters. The average molecular weight is 420 g/mol. The molecular weight excluding hydrogens is 390 g/mol. The number of nitrogens with zero attached hydrogens (tertiary/aromatic N) is 1. The Bertz CT molecular complexity index is 1050. The van der Waals surface area contributed by atoms with Crippen LogP contribution in [0.4, 0.5) is 0 Å². The first-order valence-electron chi connectivity index (χ1n) is 11.1. The van der Waals surface area contributed by atoms with Crippen LogP contribution in [0.15, 0.2) is 60.7 Å². The van der Waals surface area contributed by atoms with Gasteiger partial charge in [0.1, 0.15) is 24.2 Å². The van der Waals surface area contributed by atoms with E-state index in [0.717, 1.165) is 47.8 Å². The summed E-state index contributed by atoms with van der Waals surface area (Å²) >= 11 is 0. The van der Waals surface area contributed by atoms with Crippen LogP contribution < -0.4 is 4.74 Å². The maximum absolute atomic E-state index is 10.6. The Hall–Kier alpha value is -2.60. The zero-order chi connectivity index (χ0) is 21.4. The molecule has 2 aliphatic rings. The van der Waals surface area contributed by atoms with Gasteiger partial charge in [0.15, 0.2) is 0 Å². The second-order valence-electron chi connectivity index (χ2n) is 9.04. The molecule has 0 amide bonds. The maximum atomic E-state index is 10.6. The summed E-state index contributed by atoms with van der Waals surface area (Å²) in [5.74, 6) is 2.02. The fourth-order valence-corrected chi connectivity index (χ4v) is 5.38. The van der Waals surface area contributed by atoms with Crippen molar-refractivity contribution >= 4 is 10.8 Å². The monoisotopic (exact) mass is 419 g/mol. The quantitative estimate of drug-likeness (QED) is 0.569. The van der Waals surface area contributed by atoms with Crippen molar-refractivity contribution in [2.45, 2.75) is 25.0 Å². The molecule has 1 saturated heterocycles. The maximum Gasteiger partial charge on any atom is 0.127 e. The second kappa shape index (κ2) is 8.50. The highest BCUT2D eigenvalue weighted by Crippen LogP contribution is 2.39. The number of hydrogen-bond donors (Lipinski definition) is 3. The number of likely N-dealkylation sites (tertiary alicyclic amines) is 1. The molecule has 0 aromatic heterocycles. The van der Waals surface area contributed by atoms with Crippen LogP contribution in [-0.4, -0.2) is 58.7 Å². The molecule has 5 rings (SSSR count). The molecule has 5 nitrogen and oxygen atoms in total. The van der Waals surface area contributed by atoms with Gasteiger partial charge < -0.3 is 25.0 Å². The number of phenols is 1. The summed E-state index contributed by atoms with van der Waals surface area (Å²) < 4.78 is 6.12. The molecule has 0 radical (unpaired) electrons. The number of hydrogen-bond acceptors (Lipinski definition) is 5. The van der Waals surface area contributed by atoms with Crippen LogP contribution in [0.1, 0.15) is 12.8 Å². The lowest BCUT2D eigenvalue weighted by molar-refractivity contribution is 0.0710. The van der Waals surface area contributed by atoms with Crippen LogP contribution in [0.25, 0.3) is 21.9 Å². The lowest BCUT2D eigenvalue weighted by Gasteiger charge is -2.22. The van der Waals surface area contributed by atoms with Gasteiger partial charge in [-0.05, 0) is 59.2 Å². The number of rotatable bonds is 6. The number of aliphatic hydroxyl groups is 2. The molecule has 3 N–H and O–H groups in total. The smallest absolute Gasteiger partial charge is 0.127 e. The largest absolute Gasteiger partial charge is 0.508 e. The van der Waals surface area contributed by atoms with Gasteiger partial charge in [0, 0.05) is 25.2 Å². The highest BCUT2D eigenvalue weighted by atomic mass is 16.5. The molecule has 1 heterocycles. The van der Waals surface area contributed by atoms with Gasteiger partial charge in [0.05, 0.1) is 6.10 Å². The molecule has 3 aromatic carbocycles. The summed E-state index contributed by atoms with van der Waals surface area (Å²) in [6, 6.07) is 19.3. The minimum atomic E-state index is -0.591. The van der Waals surface area contributed by atoms with Gasteiger partial charge in [0.25, 0.3) is 0 Å². The zero-order valence-electron chi connectivity index (χ0n) is 17.5. The fourth-order valence-electron chi connectivity index (χ4n) is 5.38. The standard InChI is InChI=1S/C26H29NO4/c28-21-6-3-5-18(10-21)26-24-7-2-1-4-17(24)8-9-25(26)31-16-23(30)15-27-13-19-11-22(29)12-20(19)14-27/h1-10,19-20,22-23,28-30H,11-16H2/t19-,20+,22?,23?. The van der Waals surface area contributed by atoms with Gasteiger partial charge in [-0.15, -0.1) is 0 Å². The molecule has 31 heavy (non-hydrogen) atoms. The van der Waals surface area contributed by atoms with E-state index in [1.54, 1.807) is 12.1 Å². The van der Waals surface area contributed by atoms with Crippen molar-refractivity contribution in [3.63, 3.8) is 0 Å². The van der Waals surface area contributed by atoms with Crippen LogP contribution in [0, 0.1) is 11.8 Å². The summed E-state index contributed by atoms with van der Waals surface area (Å²) in [5.41, 5.74) is 1.80. The Morgan fingerprint density at radius 3 is 2.52 bits per heavy atom. The Kier molecular flexibility index (Phi) is 5.57. The first kappa shape index (κ1) is 20.3. The van der Waals surface area contributed by atoms with Crippen LogP contribution in [0.3, 0.4) is 0 Å². The summed E-state index contributed by atoms with van der Waals surface area (Å²) in [7, 11) is 0. The van der Waals surface area contributed by atoms with Gasteiger partial charge in [-0.25, -0.2) is 0 Å². The van der Waals surface area contributed by atoms with Crippen molar-refractivity contribution in [1.29, 1.82) is 0 Å². The van der Waals surface area contributed by atoms with Crippen molar-refractivity contribution in [2.75, 3.05) is 26.2 Å². The van der Waals surface area contributed by atoms with E-state index in [0.29, 0.717) is 24.1 Å². The lowest BCUT2D eigenvalue weighted by atomic mass is 9.97. The third kappa shape index (κ3) is 4.26. The average Bonchev–Trinajstić information content (AvgIpc) is 3.28. The highest BCUT2D eigenvalue weighted by molar-refractivity contribution is 5.99. The molecule has 5 heteroatoms. The van der Waals surface area contributed by atoms with E-state index >= 15 is 0 Å². The van der Waals surface area contributed by atoms with E-state index in [2.05, 4.69) is 17.0 Å². The number of benzene rings is 3. The summed E-state index contributed by atoms with van der Waals surface area (Å²) in [6.07, 6.45) is 1.04. The molecule has 1 aliphatic carbocycles. The predicted molar refractivity (Wildman–Crippen MR) is 121 cm³/mol. The van der Waals surface area contributed by atoms with Crippen LogP contribution in [0.5, 0.6) is 11.5 Å². The van der Waals surface area contributed by atoms with Crippen LogP contribution in [-0.2, 0) is 0 Å². The van der Waals surface area contributed by atoms with Gasteiger partial charge >= 0.3 is 0 Å². The molecular formula is C26H29NO4. The third-order valence-electron chi connectivity index (χ3n) is 6.73. The van der Waals surface area contributed by atoms with E-state index in [1.165, 1.54) is 0 Å². The van der Waals surface area contributed by atoms with Crippen LogP contribution >= 0.6 is 0 Å². The molecule has 4 atom stereocenters. The van der Waals surface area contributed by atoms with E-state index in [1.807, 2.05) is 36.4 Å². The number of aromatic hydroxyl groups is 1. The predicted octanol–water partition coefficient (Wildman–Crippen LogP) is 3.65. The minimum Gasteiger partial charge on any atom is -0.508 e. The van der Waals surface area contributed by atoms with E-state index in [9.17, 15) is 15.3 Å². The number of phenolic OH excluding ortho intramolecular Hbond substituents is 1. The Balaban J connectivity index is 1.32. The molecule has 0 spiro atoms. The Morgan fingerprint density at radius 1 is 0.968 bits per heavy atom. The molecule has 0 bridgehead atoms. The zero-order valence-corrected chi connectivity index (χ0v) is 17.5. The number of β-amino-alcohol motifs (C(OH)–C–C–N with tert-alkyl or cyclic N) is 1. The molecule has 162 valence electrons. The fraction of sp³-hybridized carbons (Fsp3) is 0.385. The van der Waals surface area contributed by atoms with Crippen molar-refractivity contribution in [1.82, 2.24) is 4.90 Å². The Morgan fingerprint density at radius 2 is 1.74 bits per heavy atom. The minimum absolute atomic E-state index is 0.144. The lowest BCUT2D eigenvalue weighted by Crippen LogP contribution is -2.35. The molecule has 2 fully saturated rings. The van der Waals surface area contributed by atoms with Crippen molar-refractivity contribution in [3.05, 3.63) is 60.7 Å². The number of ether oxygens (including phenoxy) is 1. The second-order valence-corrected chi connectivity index (χ2v) is 9.04. The number of aliphatic hydroxyl groups excluding tert-OH is 2. The van der Waals surface area contributed by atoms with Gasteiger partial charge in [-0.3, -0.25) is 0 Å². The molecule has 1 aliphatic heterocycles. The van der Waals surface area contributed by atoms with Crippen LogP contribution in [0.2, 0.25) is 0 Å². The normalized spacial score (nSPS) is 24.4. The summed E-state index contributed by atoms with van der Waals surface area (Å²) in [6.45, 7) is 2.68. The summed E-state index contributed by atoms with van der Waals surface area (Å²) in [5, 5.41) is 32.6. The van der Waals surface area contributed by atoms with Gasteiger partial charge in [-0.1, -0.05) is 42.5 Å². The topological polar surface area (TPSA) is 73.2 Å². The van der Waals surface area contributed by atoms with E-state index in [-0.39, 0.29) is 18.5 Å². The highest BCUT2D eigenvalue weighted by Gasteiger charge is 2.40. The van der Waals surface area contributed by atoms with Crippen molar-refractivity contribution in [2.24, 2.45) is 11.8 Å². The van der Waals surface area contributed by atoms with Crippen molar-refractivity contribution < 1.29 is 20.1 Å². The summed E-state index contributed by atoms with van der Waals surface area (Å²) in [4.78, 5) is 2.30. The van der Waals surface area contributed by atoms with Gasteiger partial charge in [0.2, 0.25) is 0 Å². The van der Waals surface area contributed by atoms with Crippen molar-refractivity contribution in [3.8, 4) is 22.6 Å². The molecule has 1 saturated carbocycles. The Labute approximate surface area is 182 Å². The first-order chi connectivity index (χ1) is 15.1. The van der Waals surface area contributed by atoms with Gasteiger partial charge in [-0.2, -0.15) is 0 Å². The third-order valence-corrected chi connectivity index (χ3v) is 6.73. The SMILES string of the molecule is Oc1cccc(-c2c(OCC(O)CN3C[C@H]4CC(O)C[C@H]4C3)ccc3ccccc23)c1. The molecule has 3 aromatic rings. The van der Waals surface area contributed by atoms with E-state index < -0.39 is 6.10 Å².